The van der Waals surface area contributed by atoms with E-state index < -0.39 is 20.9 Å². The highest BCUT2D eigenvalue weighted by molar-refractivity contribution is 7.90. The van der Waals surface area contributed by atoms with Gasteiger partial charge in [0, 0.05) is 25.6 Å². The van der Waals surface area contributed by atoms with E-state index >= 15 is 0 Å². The lowest BCUT2D eigenvalue weighted by Crippen LogP contribution is -2.29. The summed E-state index contributed by atoms with van der Waals surface area (Å²) in [6, 6.07) is 3.30. The first-order valence-corrected chi connectivity index (χ1v) is 7.32. The topological polar surface area (TPSA) is 118 Å². The van der Waals surface area contributed by atoms with Gasteiger partial charge in [0.1, 0.15) is 4.90 Å². The number of carbonyl (C=O) groups excluding carboxylic acids is 1. The molecule has 1 aromatic carbocycles. The summed E-state index contributed by atoms with van der Waals surface area (Å²) >= 11 is 0. The Morgan fingerprint density at radius 2 is 2.05 bits per heavy atom. The van der Waals surface area contributed by atoms with Crippen LogP contribution in [0, 0.1) is 10.1 Å². The lowest BCUT2D eigenvalue weighted by Gasteiger charge is -2.12. The van der Waals surface area contributed by atoms with E-state index in [0.29, 0.717) is 13.0 Å². The first-order chi connectivity index (χ1) is 9.27. The number of rotatable bonds is 6. The highest BCUT2D eigenvalue weighted by Crippen LogP contribution is 2.26. The van der Waals surface area contributed by atoms with Crippen LogP contribution in [-0.4, -0.2) is 25.8 Å². The Hall–Kier alpha value is -2.16. The van der Waals surface area contributed by atoms with Crippen molar-refractivity contribution in [1.82, 2.24) is 4.72 Å². The maximum Gasteiger partial charge on any atom is 0.271 e. The zero-order valence-electron chi connectivity index (χ0n) is 11.0. The molecule has 1 amide bonds. The van der Waals surface area contributed by atoms with Gasteiger partial charge in [-0.2, -0.15) is 0 Å². The van der Waals surface area contributed by atoms with E-state index in [-0.39, 0.29) is 16.3 Å². The molecule has 8 nitrogen and oxygen atoms in total. The summed E-state index contributed by atoms with van der Waals surface area (Å²) in [4.78, 5) is 20.8. The normalized spacial score (nSPS) is 10.9. The molecule has 9 heteroatoms. The number of amides is 1. The molecule has 0 aliphatic carbocycles. The average Bonchev–Trinajstić information content (AvgIpc) is 2.34. The van der Waals surface area contributed by atoms with Gasteiger partial charge in [-0.15, -0.1) is 0 Å². The smallest absolute Gasteiger partial charge is 0.271 e. The molecular weight excluding hydrogens is 286 g/mol. The van der Waals surface area contributed by atoms with E-state index in [1.54, 1.807) is 0 Å². The lowest BCUT2D eigenvalue weighted by atomic mass is 10.2. The number of non-ortho nitro benzene ring substituents is 1. The Kier molecular flexibility index (Phi) is 5.03. The van der Waals surface area contributed by atoms with Crippen molar-refractivity contribution in [1.29, 1.82) is 0 Å². The standard InChI is InChI=1S/C11H15N3O5S/c1-3-6-12-10-7-9(14(16)17)4-5-11(10)20(18,19)13-8(2)15/h4-5,7,12H,3,6H2,1-2H3,(H,13,15). The van der Waals surface area contributed by atoms with Gasteiger partial charge in [-0.05, 0) is 12.5 Å². The number of hydrogen-bond donors (Lipinski definition) is 2. The molecular formula is C11H15N3O5S. The van der Waals surface area contributed by atoms with Crippen molar-refractivity contribution in [2.45, 2.75) is 25.2 Å². The molecule has 0 bridgehead atoms. The minimum absolute atomic E-state index is 0.0924. The van der Waals surface area contributed by atoms with Crippen molar-refractivity contribution >= 4 is 27.3 Å². The minimum atomic E-state index is -4.05. The number of nitrogens with one attached hydrogen (secondary N) is 2. The summed E-state index contributed by atoms with van der Waals surface area (Å²) in [5, 5.41) is 13.5. The number of nitrogens with zero attached hydrogens (tertiary/aromatic N) is 1. The molecule has 0 spiro atoms. The third-order valence-corrected chi connectivity index (χ3v) is 3.80. The Bertz CT molecular complexity index is 627. The predicted molar refractivity (Wildman–Crippen MR) is 72.9 cm³/mol. The Balaban J connectivity index is 3.30. The highest BCUT2D eigenvalue weighted by Gasteiger charge is 2.22. The van der Waals surface area contributed by atoms with Crippen LogP contribution < -0.4 is 10.0 Å². The fourth-order valence-corrected chi connectivity index (χ4v) is 2.66. The molecule has 0 saturated carbocycles. The number of carbonyl (C=O) groups is 1. The first kappa shape index (κ1) is 15.9. The third kappa shape index (κ3) is 3.92. The summed E-state index contributed by atoms with van der Waals surface area (Å²) in [6.45, 7) is 3.39. The molecule has 0 fully saturated rings. The molecule has 0 heterocycles. The van der Waals surface area contributed by atoms with Gasteiger partial charge in [-0.3, -0.25) is 14.9 Å². The Morgan fingerprint density at radius 3 is 2.55 bits per heavy atom. The quantitative estimate of drug-likeness (QED) is 0.603. The van der Waals surface area contributed by atoms with Crippen LogP contribution in [0.3, 0.4) is 0 Å². The van der Waals surface area contributed by atoms with E-state index in [4.69, 9.17) is 0 Å². The van der Waals surface area contributed by atoms with Gasteiger partial charge in [0.15, 0.2) is 0 Å². The summed E-state index contributed by atoms with van der Waals surface area (Å²) in [5.74, 6) is -0.732. The molecule has 2 N–H and O–H groups in total. The maximum atomic E-state index is 12.0. The molecule has 1 aromatic rings. The van der Waals surface area contributed by atoms with Gasteiger partial charge in [0.25, 0.3) is 15.7 Å². The Labute approximate surface area is 116 Å². The van der Waals surface area contributed by atoms with Gasteiger partial charge in [0.05, 0.1) is 10.6 Å². The molecule has 20 heavy (non-hydrogen) atoms. The lowest BCUT2D eigenvalue weighted by molar-refractivity contribution is -0.384. The molecule has 0 aliphatic rings. The monoisotopic (exact) mass is 301 g/mol. The second-order valence-electron chi connectivity index (χ2n) is 4.03. The van der Waals surface area contributed by atoms with Crippen LogP contribution in [0.5, 0.6) is 0 Å². The number of nitro benzene ring substituents is 1. The van der Waals surface area contributed by atoms with Crippen molar-refractivity contribution in [3.8, 4) is 0 Å². The summed E-state index contributed by atoms with van der Waals surface area (Å²) < 4.78 is 25.8. The van der Waals surface area contributed by atoms with Crippen LogP contribution in [0.25, 0.3) is 0 Å². The maximum absolute atomic E-state index is 12.0. The first-order valence-electron chi connectivity index (χ1n) is 5.83. The van der Waals surface area contributed by atoms with E-state index in [0.717, 1.165) is 25.1 Å². The van der Waals surface area contributed by atoms with Crippen molar-refractivity contribution in [3.05, 3.63) is 28.3 Å². The van der Waals surface area contributed by atoms with Crippen molar-refractivity contribution < 1.29 is 18.1 Å². The minimum Gasteiger partial charge on any atom is -0.384 e. The second kappa shape index (κ2) is 6.33. The SMILES string of the molecule is CCCNc1cc([N+](=O)[O-])ccc1S(=O)(=O)NC(C)=O. The molecule has 0 radical (unpaired) electrons. The number of hydrogen-bond acceptors (Lipinski definition) is 6. The summed E-state index contributed by atoms with van der Waals surface area (Å²) in [5.41, 5.74) is -0.139. The van der Waals surface area contributed by atoms with Gasteiger partial charge >= 0.3 is 0 Å². The van der Waals surface area contributed by atoms with Crippen LogP contribution in [-0.2, 0) is 14.8 Å². The van der Waals surface area contributed by atoms with Crippen molar-refractivity contribution in [3.63, 3.8) is 0 Å². The number of benzene rings is 1. The van der Waals surface area contributed by atoms with Crippen molar-refractivity contribution in [2.24, 2.45) is 0 Å². The van der Waals surface area contributed by atoms with Crippen LogP contribution in [0.2, 0.25) is 0 Å². The average molecular weight is 301 g/mol. The molecule has 110 valence electrons. The van der Waals surface area contributed by atoms with Crippen LogP contribution in [0.15, 0.2) is 23.1 Å². The number of anilines is 1. The molecule has 0 unspecified atom stereocenters. The number of nitro groups is 1. The molecule has 0 aliphatic heterocycles. The van der Waals surface area contributed by atoms with Crippen LogP contribution >= 0.6 is 0 Å². The highest BCUT2D eigenvalue weighted by atomic mass is 32.2. The summed E-state index contributed by atoms with van der Waals surface area (Å²) in [6.07, 6.45) is 0.711. The molecule has 0 atom stereocenters. The fraction of sp³-hybridized carbons (Fsp3) is 0.364. The number of sulfonamides is 1. The van der Waals surface area contributed by atoms with E-state index in [1.165, 1.54) is 0 Å². The fourth-order valence-electron chi connectivity index (χ4n) is 1.51. The van der Waals surface area contributed by atoms with Gasteiger partial charge in [0.2, 0.25) is 5.91 Å². The van der Waals surface area contributed by atoms with Crippen LogP contribution in [0.4, 0.5) is 11.4 Å². The van der Waals surface area contributed by atoms with Gasteiger partial charge in [-0.25, -0.2) is 13.1 Å². The largest absolute Gasteiger partial charge is 0.384 e. The van der Waals surface area contributed by atoms with Crippen LogP contribution in [0.1, 0.15) is 20.3 Å². The third-order valence-electron chi connectivity index (χ3n) is 2.31. The van der Waals surface area contributed by atoms with Crippen molar-refractivity contribution in [2.75, 3.05) is 11.9 Å². The zero-order chi connectivity index (χ0) is 15.3. The zero-order valence-corrected chi connectivity index (χ0v) is 11.9. The Morgan fingerprint density at radius 1 is 1.40 bits per heavy atom. The molecule has 1 rings (SSSR count). The van der Waals surface area contributed by atoms with E-state index in [1.807, 2.05) is 11.6 Å². The summed E-state index contributed by atoms with van der Waals surface area (Å²) in [7, 11) is -4.05. The van der Waals surface area contributed by atoms with Gasteiger partial charge < -0.3 is 5.32 Å². The van der Waals surface area contributed by atoms with E-state index in [2.05, 4.69) is 5.32 Å². The molecule has 0 aromatic heterocycles. The van der Waals surface area contributed by atoms with Gasteiger partial charge in [-0.1, -0.05) is 6.92 Å². The molecule has 0 saturated heterocycles. The second-order valence-corrected chi connectivity index (χ2v) is 5.68. The van der Waals surface area contributed by atoms with E-state index in [9.17, 15) is 23.3 Å². The predicted octanol–water partition coefficient (Wildman–Crippen LogP) is 1.24.